The van der Waals surface area contributed by atoms with Gasteiger partial charge in [-0.15, -0.1) is 11.3 Å². The summed E-state index contributed by atoms with van der Waals surface area (Å²) in [7, 11) is 0. The minimum Gasteiger partial charge on any atom is -0.454 e. The van der Waals surface area contributed by atoms with Gasteiger partial charge in [0, 0.05) is 17.5 Å². The van der Waals surface area contributed by atoms with E-state index in [0.717, 1.165) is 17.0 Å². The molecule has 1 N–H and O–H groups in total. The lowest BCUT2D eigenvalue weighted by atomic mass is 10.1. The van der Waals surface area contributed by atoms with Gasteiger partial charge >= 0.3 is 0 Å². The Balaban J connectivity index is 1.47. The van der Waals surface area contributed by atoms with Crippen molar-refractivity contribution in [3.05, 3.63) is 70.2 Å². The first kappa shape index (κ1) is 16.5. The van der Waals surface area contributed by atoms with Crippen LogP contribution in [-0.4, -0.2) is 17.7 Å². The number of rotatable bonds is 4. The molecular weight excluding hydrogens is 362 g/mol. The number of nitrogens with zero attached hydrogens (tertiary/aromatic N) is 1. The molecule has 1 aromatic heterocycles. The number of anilines is 1. The highest BCUT2D eigenvalue weighted by atomic mass is 32.1. The van der Waals surface area contributed by atoms with E-state index in [1.54, 1.807) is 24.4 Å². The number of benzene rings is 2. The normalized spacial score (nSPS) is 12.2. The lowest BCUT2D eigenvalue weighted by Gasteiger charge is -2.05. The Hall–Kier alpha value is -3.00. The number of nitrogens with one attached hydrogen (secondary N) is 1. The molecule has 0 saturated heterocycles. The van der Waals surface area contributed by atoms with E-state index in [0.29, 0.717) is 34.2 Å². The molecule has 1 aliphatic rings. The molecule has 4 rings (SSSR count). The number of para-hydroxylation sites is 1. The van der Waals surface area contributed by atoms with Crippen LogP contribution in [0.25, 0.3) is 0 Å². The third kappa shape index (κ3) is 3.23. The van der Waals surface area contributed by atoms with Gasteiger partial charge in [0.2, 0.25) is 6.79 Å². The SMILES string of the molecule is O=C(Nc1ncc(Cc2ccc(F)c(F)c2)s1)c1cccc2c1OCO2. The van der Waals surface area contributed by atoms with Gasteiger partial charge in [-0.3, -0.25) is 10.1 Å². The number of carbonyl (C=O) groups is 1. The predicted octanol–water partition coefficient (Wildman–Crippen LogP) is 3.99. The predicted molar refractivity (Wildman–Crippen MR) is 91.8 cm³/mol. The Labute approximate surface area is 151 Å². The van der Waals surface area contributed by atoms with E-state index in [1.165, 1.54) is 17.4 Å². The number of hydrogen-bond donors (Lipinski definition) is 1. The first-order valence-electron chi connectivity index (χ1n) is 7.69. The van der Waals surface area contributed by atoms with Crippen LogP contribution in [0.1, 0.15) is 20.8 Å². The van der Waals surface area contributed by atoms with Gasteiger partial charge in [-0.05, 0) is 29.8 Å². The maximum atomic E-state index is 13.3. The van der Waals surface area contributed by atoms with Crippen LogP contribution in [0.4, 0.5) is 13.9 Å². The molecule has 8 heteroatoms. The lowest BCUT2D eigenvalue weighted by molar-refractivity contribution is 0.102. The van der Waals surface area contributed by atoms with Crippen molar-refractivity contribution in [2.75, 3.05) is 12.1 Å². The lowest BCUT2D eigenvalue weighted by Crippen LogP contribution is -2.12. The maximum absolute atomic E-state index is 13.3. The second-order valence-electron chi connectivity index (χ2n) is 5.55. The summed E-state index contributed by atoms with van der Waals surface area (Å²) in [5, 5.41) is 3.12. The minimum atomic E-state index is -0.888. The fourth-order valence-electron chi connectivity index (χ4n) is 2.57. The molecule has 0 radical (unpaired) electrons. The summed E-state index contributed by atoms with van der Waals surface area (Å²) in [6.45, 7) is 0.0786. The Morgan fingerprint density at radius 3 is 2.92 bits per heavy atom. The van der Waals surface area contributed by atoms with Gasteiger partial charge in [0.25, 0.3) is 5.91 Å². The van der Waals surface area contributed by atoms with E-state index in [9.17, 15) is 13.6 Å². The van der Waals surface area contributed by atoms with Crippen LogP contribution in [-0.2, 0) is 6.42 Å². The van der Waals surface area contributed by atoms with Crippen molar-refractivity contribution in [3.8, 4) is 11.5 Å². The molecule has 0 bridgehead atoms. The zero-order valence-electron chi connectivity index (χ0n) is 13.3. The molecule has 2 aromatic carbocycles. The van der Waals surface area contributed by atoms with E-state index in [4.69, 9.17) is 9.47 Å². The number of hydrogen-bond acceptors (Lipinski definition) is 5. The second-order valence-corrected chi connectivity index (χ2v) is 6.67. The van der Waals surface area contributed by atoms with E-state index in [2.05, 4.69) is 10.3 Å². The summed E-state index contributed by atoms with van der Waals surface area (Å²) in [6.07, 6.45) is 1.99. The first-order valence-corrected chi connectivity index (χ1v) is 8.50. The van der Waals surface area contributed by atoms with Crippen LogP contribution >= 0.6 is 11.3 Å². The molecule has 132 valence electrons. The molecule has 0 unspecified atom stereocenters. The van der Waals surface area contributed by atoms with Gasteiger partial charge in [0.15, 0.2) is 28.3 Å². The monoisotopic (exact) mass is 374 g/mol. The number of aromatic nitrogens is 1. The summed E-state index contributed by atoms with van der Waals surface area (Å²) < 4.78 is 36.9. The van der Waals surface area contributed by atoms with Gasteiger partial charge in [0.05, 0.1) is 5.56 Å². The van der Waals surface area contributed by atoms with Crippen molar-refractivity contribution in [2.45, 2.75) is 6.42 Å². The molecule has 1 aliphatic heterocycles. The standard InChI is InChI=1S/C18H12F2N2O3S/c19-13-5-4-10(7-14(13)20)6-11-8-21-18(26-11)22-17(23)12-2-1-3-15-16(12)25-9-24-15/h1-5,7-8H,6,9H2,(H,21,22,23). The molecule has 3 aromatic rings. The summed E-state index contributed by atoms with van der Waals surface area (Å²) in [5.74, 6) is -1.20. The summed E-state index contributed by atoms with van der Waals surface area (Å²) in [5.41, 5.74) is 0.981. The van der Waals surface area contributed by atoms with Crippen LogP contribution < -0.4 is 14.8 Å². The highest BCUT2D eigenvalue weighted by Gasteiger charge is 2.22. The number of amides is 1. The summed E-state index contributed by atoms with van der Waals surface area (Å²) in [4.78, 5) is 17.4. The number of carbonyl (C=O) groups excluding carboxylic acids is 1. The zero-order chi connectivity index (χ0) is 18.1. The minimum absolute atomic E-state index is 0.0786. The Morgan fingerprint density at radius 1 is 1.19 bits per heavy atom. The van der Waals surface area contributed by atoms with E-state index < -0.39 is 11.6 Å². The molecule has 26 heavy (non-hydrogen) atoms. The van der Waals surface area contributed by atoms with Crippen LogP contribution in [0.5, 0.6) is 11.5 Å². The fraction of sp³-hybridized carbons (Fsp3) is 0.111. The molecule has 2 heterocycles. The highest BCUT2D eigenvalue weighted by Crippen LogP contribution is 2.35. The molecule has 0 aliphatic carbocycles. The first-order chi connectivity index (χ1) is 12.6. The highest BCUT2D eigenvalue weighted by molar-refractivity contribution is 7.15. The van der Waals surface area contributed by atoms with Gasteiger partial charge in [-0.1, -0.05) is 12.1 Å². The maximum Gasteiger partial charge on any atom is 0.261 e. The van der Waals surface area contributed by atoms with Crippen LogP contribution in [0, 0.1) is 11.6 Å². The molecule has 0 spiro atoms. The molecular formula is C18H12F2N2O3S. The third-order valence-electron chi connectivity index (χ3n) is 3.78. The number of fused-ring (bicyclic) bond motifs is 1. The Morgan fingerprint density at radius 2 is 2.08 bits per heavy atom. The van der Waals surface area contributed by atoms with Crippen molar-refractivity contribution in [2.24, 2.45) is 0 Å². The van der Waals surface area contributed by atoms with Gasteiger partial charge < -0.3 is 9.47 Å². The van der Waals surface area contributed by atoms with Gasteiger partial charge in [0.1, 0.15) is 0 Å². The average molecular weight is 374 g/mol. The number of halogens is 2. The third-order valence-corrected chi connectivity index (χ3v) is 4.69. The number of ether oxygens (including phenoxy) is 2. The van der Waals surface area contributed by atoms with Crippen molar-refractivity contribution in [1.29, 1.82) is 0 Å². The van der Waals surface area contributed by atoms with Crippen LogP contribution in [0.2, 0.25) is 0 Å². The summed E-state index contributed by atoms with van der Waals surface area (Å²) >= 11 is 1.26. The Bertz CT molecular complexity index is 990. The zero-order valence-corrected chi connectivity index (χ0v) is 14.1. The molecule has 0 atom stereocenters. The van der Waals surface area contributed by atoms with E-state index in [-0.39, 0.29) is 12.7 Å². The fourth-order valence-corrected chi connectivity index (χ4v) is 3.41. The largest absolute Gasteiger partial charge is 0.454 e. The summed E-state index contributed by atoms with van der Waals surface area (Å²) in [6, 6.07) is 8.82. The van der Waals surface area contributed by atoms with Crippen LogP contribution in [0.15, 0.2) is 42.6 Å². The van der Waals surface area contributed by atoms with Crippen molar-refractivity contribution in [3.63, 3.8) is 0 Å². The Kier molecular flexibility index (Phi) is 4.26. The van der Waals surface area contributed by atoms with Crippen molar-refractivity contribution < 1.29 is 23.0 Å². The molecule has 1 amide bonds. The number of thiazole rings is 1. The van der Waals surface area contributed by atoms with Crippen molar-refractivity contribution >= 4 is 22.4 Å². The topological polar surface area (TPSA) is 60.5 Å². The van der Waals surface area contributed by atoms with Gasteiger partial charge in [-0.25, -0.2) is 13.8 Å². The van der Waals surface area contributed by atoms with Crippen molar-refractivity contribution in [1.82, 2.24) is 4.98 Å². The molecule has 5 nitrogen and oxygen atoms in total. The smallest absolute Gasteiger partial charge is 0.261 e. The molecule has 0 fully saturated rings. The van der Waals surface area contributed by atoms with Gasteiger partial charge in [-0.2, -0.15) is 0 Å². The quantitative estimate of drug-likeness (QED) is 0.750. The van der Waals surface area contributed by atoms with E-state index >= 15 is 0 Å². The average Bonchev–Trinajstić information content (AvgIpc) is 3.27. The molecule has 0 saturated carbocycles. The van der Waals surface area contributed by atoms with Crippen LogP contribution in [0.3, 0.4) is 0 Å². The van der Waals surface area contributed by atoms with E-state index in [1.807, 2.05) is 0 Å². The second kappa shape index (κ2) is 6.72.